The van der Waals surface area contributed by atoms with Gasteiger partial charge in [-0.2, -0.15) is 0 Å². The Morgan fingerprint density at radius 3 is 2.28 bits per heavy atom. The maximum absolute atomic E-state index is 12.9. The van der Waals surface area contributed by atoms with E-state index in [0.717, 1.165) is 0 Å². The minimum Gasteiger partial charge on any atom is -0.494 e. The van der Waals surface area contributed by atoms with Crippen LogP contribution in [0, 0.1) is 0 Å². The summed E-state index contributed by atoms with van der Waals surface area (Å²) in [5.41, 5.74) is 0.609. The average Bonchev–Trinajstić information content (AvgIpc) is 2.71. The molecule has 0 saturated heterocycles. The molecule has 8 heteroatoms. The Balaban J connectivity index is 2.02. The minimum atomic E-state index is -0.669. The SMILES string of the molecule is CNC(=O)[C@@H](C)N(Cc1c(Cl)cccc1Cl)C(=O)CCCOc1ccc(Cl)cc1. The molecule has 1 atom stereocenters. The summed E-state index contributed by atoms with van der Waals surface area (Å²) < 4.78 is 5.63. The summed E-state index contributed by atoms with van der Waals surface area (Å²) in [4.78, 5) is 26.5. The molecule has 0 unspecified atom stereocenters. The van der Waals surface area contributed by atoms with Gasteiger partial charge >= 0.3 is 0 Å². The number of rotatable bonds is 9. The number of carbonyl (C=O) groups is 2. The Kier molecular flexibility index (Phi) is 9.08. The molecule has 0 aromatic heterocycles. The van der Waals surface area contributed by atoms with Gasteiger partial charge in [0.05, 0.1) is 6.61 Å². The minimum absolute atomic E-state index is 0.143. The molecule has 2 rings (SSSR count). The van der Waals surface area contributed by atoms with Gasteiger partial charge < -0.3 is 15.0 Å². The molecule has 0 bridgehead atoms. The van der Waals surface area contributed by atoms with Crippen molar-refractivity contribution in [2.45, 2.75) is 32.4 Å². The second kappa shape index (κ2) is 11.3. The fourth-order valence-electron chi connectivity index (χ4n) is 2.73. The van der Waals surface area contributed by atoms with Crippen molar-refractivity contribution in [2.75, 3.05) is 13.7 Å². The molecule has 0 spiro atoms. The van der Waals surface area contributed by atoms with Crippen molar-refractivity contribution in [1.29, 1.82) is 0 Å². The third kappa shape index (κ3) is 6.81. The molecule has 29 heavy (non-hydrogen) atoms. The van der Waals surface area contributed by atoms with Crippen LogP contribution < -0.4 is 10.1 Å². The van der Waals surface area contributed by atoms with Crippen molar-refractivity contribution in [3.05, 3.63) is 63.1 Å². The van der Waals surface area contributed by atoms with E-state index < -0.39 is 6.04 Å². The van der Waals surface area contributed by atoms with Crippen molar-refractivity contribution in [3.63, 3.8) is 0 Å². The van der Waals surface area contributed by atoms with Crippen molar-refractivity contribution in [2.24, 2.45) is 0 Å². The first-order valence-electron chi connectivity index (χ1n) is 9.15. The maximum Gasteiger partial charge on any atom is 0.242 e. The van der Waals surface area contributed by atoms with E-state index in [-0.39, 0.29) is 24.8 Å². The topological polar surface area (TPSA) is 58.6 Å². The highest BCUT2D eigenvalue weighted by Crippen LogP contribution is 2.27. The van der Waals surface area contributed by atoms with E-state index in [9.17, 15) is 9.59 Å². The van der Waals surface area contributed by atoms with Gasteiger partial charge in [0.15, 0.2) is 0 Å². The number of likely N-dealkylation sites (N-methyl/N-ethyl adjacent to an activating group) is 1. The number of nitrogens with one attached hydrogen (secondary N) is 1. The number of carbonyl (C=O) groups excluding carboxylic acids is 2. The lowest BCUT2D eigenvalue weighted by molar-refractivity contribution is -0.140. The quantitative estimate of drug-likeness (QED) is 0.541. The normalized spacial score (nSPS) is 11.6. The number of hydrogen-bond donors (Lipinski definition) is 1. The van der Waals surface area contributed by atoms with E-state index >= 15 is 0 Å². The molecule has 0 aliphatic heterocycles. The van der Waals surface area contributed by atoms with E-state index in [0.29, 0.717) is 39.4 Å². The van der Waals surface area contributed by atoms with Gasteiger partial charge in [-0.25, -0.2) is 0 Å². The van der Waals surface area contributed by atoms with Gasteiger partial charge in [-0.05, 0) is 49.7 Å². The van der Waals surface area contributed by atoms with Gasteiger partial charge in [0.1, 0.15) is 11.8 Å². The molecule has 0 fully saturated rings. The van der Waals surface area contributed by atoms with Crippen LogP contribution >= 0.6 is 34.8 Å². The predicted molar refractivity (Wildman–Crippen MR) is 117 cm³/mol. The molecule has 0 radical (unpaired) electrons. The first-order valence-corrected chi connectivity index (χ1v) is 10.3. The van der Waals surface area contributed by atoms with Crippen molar-refractivity contribution < 1.29 is 14.3 Å². The first-order chi connectivity index (χ1) is 13.8. The molecule has 0 heterocycles. The summed E-state index contributed by atoms with van der Waals surface area (Å²) in [5.74, 6) is 0.232. The standard InChI is InChI=1S/C21H23Cl3N2O3/c1-14(21(28)25-2)26(13-17-18(23)5-3-6-19(17)24)20(27)7-4-12-29-16-10-8-15(22)9-11-16/h3,5-6,8-11,14H,4,7,12-13H2,1-2H3,(H,25,28)/t14-/m1/s1. The van der Waals surface area contributed by atoms with E-state index in [1.54, 1.807) is 49.4 Å². The largest absolute Gasteiger partial charge is 0.494 e. The lowest BCUT2D eigenvalue weighted by atomic mass is 10.1. The predicted octanol–water partition coefficient (Wildman–Crippen LogP) is 4.97. The molecule has 0 aliphatic rings. The van der Waals surface area contributed by atoms with Crippen LogP contribution in [0.4, 0.5) is 0 Å². The van der Waals surface area contributed by atoms with E-state index in [1.165, 1.54) is 11.9 Å². The Hall–Kier alpha value is -1.95. The molecule has 2 aromatic rings. The summed E-state index contributed by atoms with van der Waals surface area (Å²) >= 11 is 18.3. The summed E-state index contributed by atoms with van der Waals surface area (Å²) in [6.45, 7) is 2.18. The molecule has 1 N–H and O–H groups in total. The second-order valence-electron chi connectivity index (χ2n) is 6.42. The third-order valence-electron chi connectivity index (χ3n) is 4.42. The van der Waals surface area contributed by atoms with Gasteiger partial charge in [0.25, 0.3) is 0 Å². The van der Waals surface area contributed by atoms with Crippen LogP contribution in [0.5, 0.6) is 5.75 Å². The van der Waals surface area contributed by atoms with Crippen LogP contribution in [-0.2, 0) is 16.1 Å². The summed E-state index contributed by atoms with van der Waals surface area (Å²) in [6, 6.07) is 11.5. The molecule has 2 amide bonds. The van der Waals surface area contributed by atoms with Crippen LogP contribution in [0.25, 0.3) is 0 Å². The molecule has 5 nitrogen and oxygen atoms in total. The Labute approximate surface area is 185 Å². The molecule has 2 aromatic carbocycles. The smallest absolute Gasteiger partial charge is 0.242 e. The number of halogens is 3. The molecular weight excluding hydrogens is 435 g/mol. The summed E-state index contributed by atoms with van der Waals surface area (Å²) in [7, 11) is 1.53. The fourth-order valence-corrected chi connectivity index (χ4v) is 3.38. The van der Waals surface area contributed by atoms with Gasteiger partial charge in [-0.15, -0.1) is 0 Å². The van der Waals surface area contributed by atoms with Crippen LogP contribution in [0.2, 0.25) is 15.1 Å². The number of nitrogens with zero attached hydrogens (tertiary/aromatic N) is 1. The Morgan fingerprint density at radius 2 is 1.69 bits per heavy atom. The zero-order chi connectivity index (χ0) is 21.4. The van der Waals surface area contributed by atoms with Gasteiger partial charge in [-0.1, -0.05) is 40.9 Å². The number of benzene rings is 2. The molecule has 0 saturated carbocycles. The van der Waals surface area contributed by atoms with E-state index in [1.807, 2.05) is 0 Å². The maximum atomic E-state index is 12.9. The van der Waals surface area contributed by atoms with Gasteiger partial charge in [0.2, 0.25) is 11.8 Å². The second-order valence-corrected chi connectivity index (χ2v) is 7.67. The third-order valence-corrected chi connectivity index (χ3v) is 5.38. The zero-order valence-electron chi connectivity index (χ0n) is 16.3. The van der Waals surface area contributed by atoms with Crippen LogP contribution in [-0.4, -0.2) is 36.4 Å². The lowest BCUT2D eigenvalue weighted by Gasteiger charge is -2.29. The first kappa shape index (κ1) is 23.3. The van der Waals surface area contributed by atoms with E-state index in [4.69, 9.17) is 39.5 Å². The number of ether oxygens (including phenoxy) is 1. The molecular formula is C21H23Cl3N2O3. The fraction of sp³-hybridized carbons (Fsp3) is 0.333. The van der Waals surface area contributed by atoms with Gasteiger partial charge in [0, 0.05) is 40.6 Å². The Bertz CT molecular complexity index is 823. The highest BCUT2D eigenvalue weighted by molar-refractivity contribution is 6.36. The molecule has 156 valence electrons. The van der Waals surface area contributed by atoms with Crippen LogP contribution in [0.15, 0.2) is 42.5 Å². The van der Waals surface area contributed by atoms with Crippen molar-refractivity contribution in [1.82, 2.24) is 10.2 Å². The van der Waals surface area contributed by atoms with Crippen molar-refractivity contribution >= 4 is 46.6 Å². The van der Waals surface area contributed by atoms with Crippen molar-refractivity contribution in [3.8, 4) is 5.75 Å². The van der Waals surface area contributed by atoms with Gasteiger partial charge in [-0.3, -0.25) is 9.59 Å². The molecule has 0 aliphatic carbocycles. The average molecular weight is 458 g/mol. The number of amides is 2. The number of hydrogen-bond acceptors (Lipinski definition) is 3. The summed E-state index contributed by atoms with van der Waals surface area (Å²) in [5, 5.41) is 4.10. The monoisotopic (exact) mass is 456 g/mol. The van der Waals surface area contributed by atoms with E-state index in [2.05, 4.69) is 5.32 Å². The Morgan fingerprint density at radius 1 is 1.07 bits per heavy atom. The highest BCUT2D eigenvalue weighted by Gasteiger charge is 2.26. The highest BCUT2D eigenvalue weighted by atomic mass is 35.5. The van der Waals surface area contributed by atoms with Crippen LogP contribution in [0.1, 0.15) is 25.3 Å². The lowest BCUT2D eigenvalue weighted by Crippen LogP contribution is -2.46. The summed E-state index contributed by atoms with van der Waals surface area (Å²) in [6.07, 6.45) is 0.714. The van der Waals surface area contributed by atoms with Crippen LogP contribution in [0.3, 0.4) is 0 Å². The zero-order valence-corrected chi connectivity index (χ0v) is 18.5.